The first-order valence-corrected chi connectivity index (χ1v) is 7.31. The van der Waals surface area contributed by atoms with E-state index in [1.807, 2.05) is 39.8 Å². The number of likely N-dealkylation sites (N-methyl/N-ethyl adjacent to an activating group) is 1. The fourth-order valence-corrected chi connectivity index (χ4v) is 2.76. The fourth-order valence-electron chi connectivity index (χ4n) is 2.76. The number of aryl methyl sites for hydroxylation is 1. The Morgan fingerprint density at radius 2 is 1.95 bits per heavy atom. The van der Waals surface area contributed by atoms with Crippen molar-refractivity contribution in [2.75, 3.05) is 20.6 Å². The lowest BCUT2D eigenvalue weighted by Gasteiger charge is -2.24. The smallest absolute Gasteiger partial charge is 0.348 e. The minimum atomic E-state index is -0.897. The van der Waals surface area contributed by atoms with Crippen LogP contribution in [0.3, 0.4) is 0 Å². The number of carbonyl (C=O) groups is 1. The van der Waals surface area contributed by atoms with Crippen LogP contribution in [0.4, 0.5) is 0 Å². The standard InChI is InChI=1S/C15H25N3O3/c1-6-12-11(8-14(19)20)13(7-2)18(15(21)16-12)10(3)9-17(4)5/h10H,6-9H2,1-5H3,(H,19,20). The summed E-state index contributed by atoms with van der Waals surface area (Å²) in [7, 11) is 3.89. The van der Waals surface area contributed by atoms with Crippen LogP contribution in [0.1, 0.15) is 43.8 Å². The molecule has 118 valence electrons. The van der Waals surface area contributed by atoms with E-state index in [2.05, 4.69) is 4.98 Å². The van der Waals surface area contributed by atoms with Gasteiger partial charge in [0.2, 0.25) is 0 Å². The van der Waals surface area contributed by atoms with E-state index < -0.39 is 5.97 Å². The van der Waals surface area contributed by atoms with E-state index in [0.717, 1.165) is 5.69 Å². The van der Waals surface area contributed by atoms with E-state index in [1.54, 1.807) is 4.57 Å². The lowest BCUT2D eigenvalue weighted by molar-refractivity contribution is -0.136. The second-order valence-corrected chi connectivity index (χ2v) is 5.53. The molecule has 1 aromatic heterocycles. The summed E-state index contributed by atoms with van der Waals surface area (Å²) in [5, 5.41) is 9.13. The Bertz CT molecular complexity index is 564. The molecule has 0 spiro atoms. The molecule has 0 bridgehead atoms. The van der Waals surface area contributed by atoms with Crippen LogP contribution in [0.5, 0.6) is 0 Å². The molecule has 21 heavy (non-hydrogen) atoms. The second kappa shape index (κ2) is 7.36. The average molecular weight is 295 g/mol. The summed E-state index contributed by atoms with van der Waals surface area (Å²) in [6.07, 6.45) is 1.09. The lowest BCUT2D eigenvalue weighted by Crippen LogP contribution is -2.36. The Morgan fingerprint density at radius 1 is 1.33 bits per heavy atom. The molecule has 0 saturated carbocycles. The van der Waals surface area contributed by atoms with Crippen molar-refractivity contribution >= 4 is 5.97 Å². The third-order valence-corrected chi connectivity index (χ3v) is 3.49. The maximum Gasteiger partial charge on any atom is 0.348 e. The van der Waals surface area contributed by atoms with Crippen LogP contribution in [0, 0.1) is 0 Å². The third kappa shape index (κ3) is 4.14. The summed E-state index contributed by atoms with van der Waals surface area (Å²) in [5.74, 6) is -0.897. The van der Waals surface area contributed by atoms with Crippen molar-refractivity contribution in [2.24, 2.45) is 0 Å². The number of rotatable bonds is 7. The van der Waals surface area contributed by atoms with Gasteiger partial charge in [0.05, 0.1) is 12.1 Å². The van der Waals surface area contributed by atoms with Gasteiger partial charge in [0.1, 0.15) is 0 Å². The quantitative estimate of drug-likeness (QED) is 0.816. The molecule has 6 nitrogen and oxygen atoms in total. The van der Waals surface area contributed by atoms with Crippen molar-refractivity contribution in [3.63, 3.8) is 0 Å². The van der Waals surface area contributed by atoms with Crippen molar-refractivity contribution in [1.82, 2.24) is 14.5 Å². The first-order valence-electron chi connectivity index (χ1n) is 7.31. The highest BCUT2D eigenvalue weighted by molar-refractivity contribution is 5.71. The zero-order valence-electron chi connectivity index (χ0n) is 13.5. The minimum absolute atomic E-state index is 0.0478. The minimum Gasteiger partial charge on any atom is -0.481 e. The van der Waals surface area contributed by atoms with E-state index in [0.29, 0.717) is 30.6 Å². The molecule has 1 atom stereocenters. The van der Waals surface area contributed by atoms with Gasteiger partial charge in [0.15, 0.2) is 0 Å². The molecule has 1 N–H and O–H groups in total. The van der Waals surface area contributed by atoms with Crippen LogP contribution in [0.25, 0.3) is 0 Å². The van der Waals surface area contributed by atoms with E-state index in [4.69, 9.17) is 5.11 Å². The van der Waals surface area contributed by atoms with E-state index >= 15 is 0 Å². The second-order valence-electron chi connectivity index (χ2n) is 5.53. The maximum absolute atomic E-state index is 12.3. The molecule has 1 aromatic rings. The molecule has 0 aliphatic heterocycles. The Labute approximate surface area is 125 Å². The molecule has 0 radical (unpaired) electrons. The Balaban J connectivity index is 3.49. The van der Waals surface area contributed by atoms with Gasteiger partial charge in [0, 0.05) is 23.8 Å². The van der Waals surface area contributed by atoms with Gasteiger partial charge in [0.25, 0.3) is 0 Å². The predicted molar refractivity (Wildman–Crippen MR) is 81.9 cm³/mol. The number of carboxylic acids is 1. The number of aromatic nitrogens is 2. The van der Waals surface area contributed by atoms with Gasteiger partial charge >= 0.3 is 11.7 Å². The van der Waals surface area contributed by atoms with Gasteiger partial charge in [-0.1, -0.05) is 13.8 Å². The van der Waals surface area contributed by atoms with Crippen LogP contribution in [-0.2, 0) is 24.1 Å². The van der Waals surface area contributed by atoms with Crippen LogP contribution >= 0.6 is 0 Å². The molecule has 1 rings (SSSR count). The monoisotopic (exact) mass is 295 g/mol. The molecule has 0 amide bonds. The number of hydrogen-bond acceptors (Lipinski definition) is 4. The largest absolute Gasteiger partial charge is 0.481 e. The molecule has 0 saturated heterocycles. The van der Waals surface area contributed by atoms with Crippen molar-refractivity contribution < 1.29 is 9.90 Å². The Kier molecular flexibility index (Phi) is 6.08. The van der Waals surface area contributed by atoms with Gasteiger partial charge in [-0.25, -0.2) is 4.79 Å². The summed E-state index contributed by atoms with van der Waals surface area (Å²) in [6, 6.07) is -0.0478. The number of carboxylic acid groups (broad SMARTS) is 1. The highest BCUT2D eigenvalue weighted by Gasteiger charge is 2.20. The summed E-state index contributed by atoms with van der Waals surface area (Å²) in [4.78, 5) is 29.6. The first kappa shape index (κ1) is 17.4. The van der Waals surface area contributed by atoms with Crippen LogP contribution in [0.15, 0.2) is 4.79 Å². The molecule has 0 fully saturated rings. The molecular formula is C15H25N3O3. The van der Waals surface area contributed by atoms with Gasteiger partial charge in [-0.2, -0.15) is 4.98 Å². The topological polar surface area (TPSA) is 75.4 Å². The summed E-state index contributed by atoms with van der Waals surface area (Å²) in [6.45, 7) is 6.49. The highest BCUT2D eigenvalue weighted by atomic mass is 16.4. The molecule has 0 aliphatic rings. The van der Waals surface area contributed by atoms with E-state index in [9.17, 15) is 9.59 Å². The number of hydrogen-bond donors (Lipinski definition) is 1. The van der Waals surface area contributed by atoms with Crippen LogP contribution in [0.2, 0.25) is 0 Å². The molecular weight excluding hydrogens is 270 g/mol. The van der Waals surface area contributed by atoms with E-state index in [-0.39, 0.29) is 18.2 Å². The lowest BCUT2D eigenvalue weighted by atomic mass is 10.0. The highest BCUT2D eigenvalue weighted by Crippen LogP contribution is 2.17. The Hall–Kier alpha value is -1.69. The maximum atomic E-state index is 12.3. The first-order chi connectivity index (χ1) is 9.81. The van der Waals surface area contributed by atoms with E-state index in [1.165, 1.54) is 0 Å². The van der Waals surface area contributed by atoms with Gasteiger partial charge in [-0.3, -0.25) is 9.36 Å². The molecule has 6 heteroatoms. The van der Waals surface area contributed by atoms with Crippen molar-refractivity contribution in [1.29, 1.82) is 0 Å². The summed E-state index contributed by atoms with van der Waals surface area (Å²) in [5.41, 5.74) is 1.81. The number of aliphatic carboxylic acids is 1. The molecule has 0 aliphatic carbocycles. The summed E-state index contributed by atoms with van der Waals surface area (Å²) >= 11 is 0. The predicted octanol–water partition coefficient (Wildman–Crippen LogP) is 1.12. The van der Waals surface area contributed by atoms with Crippen LogP contribution in [-0.4, -0.2) is 46.2 Å². The molecule has 1 unspecified atom stereocenters. The van der Waals surface area contributed by atoms with Gasteiger partial charge in [-0.15, -0.1) is 0 Å². The molecule has 0 aromatic carbocycles. The average Bonchev–Trinajstić information content (AvgIpc) is 2.38. The SMILES string of the molecule is CCc1nc(=O)n(C(C)CN(C)C)c(CC)c1CC(=O)O. The van der Waals surface area contributed by atoms with Crippen molar-refractivity contribution in [3.05, 3.63) is 27.4 Å². The zero-order chi connectivity index (χ0) is 16.2. The molecule has 1 heterocycles. The van der Waals surface area contributed by atoms with Crippen molar-refractivity contribution in [3.8, 4) is 0 Å². The van der Waals surface area contributed by atoms with Crippen LogP contribution < -0.4 is 5.69 Å². The normalized spacial score (nSPS) is 12.7. The zero-order valence-corrected chi connectivity index (χ0v) is 13.5. The van der Waals surface area contributed by atoms with Gasteiger partial charge in [-0.05, 0) is 33.9 Å². The summed E-state index contributed by atoms with van der Waals surface area (Å²) < 4.78 is 1.65. The fraction of sp³-hybridized carbons (Fsp3) is 0.667. The number of nitrogens with zero attached hydrogens (tertiary/aromatic N) is 3. The third-order valence-electron chi connectivity index (χ3n) is 3.49. The van der Waals surface area contributed by atoms with Crippen molar-refractivity contribution in [2.45, 2.75) is 46.1 Å². The Morgan fingerprint density at radius 3 is 2.38 bits per heavy atom. The van der Waals surface area contributed by atoms with Gasteiger partial charge < -0.3 is 10.0 Å².